The van der Waals surface area contributed by atoms with E-state index in [1.54, 1.807) is 24.1 Å². The van der Waals surface area contributed by atoms with Crippen molar-refractivity contribution in [1.29, 1.82) is 0 Å². The van der Waals surface area contributed by atoms with Gasteiger partial charge in [0.25, 0.3) is 0 Å². The van der Waals surface area contributed by atoms with Gasteiger partial charge in [-0.2, -0.15) is 0 Å². The van der Waals surface area contributed by atoms with Gasteiger partial charge in [0.05, 0.1) is 0 Å². The number of amides is 2. The Kier molecular flexibility index (Phi) is 6.16. The van der Waals surface area contributed by atoms with Gasteiger partial charge in [0.1, 0.15) is 5.82 Å². The number of likely N-dealkylation sites (tertiary alicyclic amines) is 1. The summed E-state index contributed by atoms with van der Waals surface area (Å²) in [7, 11) is 1.76. The maximum absolute atomic E-state index is 12.9. The average Bonchev–Trinajstić information content (AvgIpc) is 2.51. The fourth-order valence-electron chi connectivity index (χ4n) is 2.84. The largest absolute Gasteiger partial charge is 0.335 e. The molecule has 0 aliphatic carbocycles. The van der Waals surface area contributed by atoms with E-state index in [1.807, 2.05) is 6.92 Å². The van der Waals surface area contributed by atoms with Crippen molar-refractivity contribution in [2.75, 3.05) is 26.7 Å². The van der Waals surface area contributed by atoms with E-state index in [4.69, 9.17) is 0 Å². The second kappa shape index (κ2) is 8.11. The summed E-state index contributed by atoms with van der Waals surface area (Å²) in [5.74, 6) is -0.262. The fourth-order valence-corrected chi connectivity index (χ4v) is 2.84. The molecule has 1 aromatic carbocycles. The van der Waals surface area contributed by atoms with Crippen LogP contribution in [0, 0.1) is 5.82 Å². The van der Waals surface area contributed by atoms with Crippen LogP contribution in [-0.2, 0) is 6.54 Å². The molecule has 0 aromatic heterocycles. The molecule has 0 saturated carbocycles. The number of nitrogens with zero attached hydrogens (tertiary/aromatic N) is 2. The summed E-state index contributed by atoms with van der Waals surface area (Å²) < 4.78 is 12.9. The van der Waals surface area contributed by atoms with Crippen molar-refractivity contribution in [3.63, 3.8) is 0 Å². The number of piperidine rings is 1. The first kappa shape index (κ1) is 17.5. The van der Waals surface area contributed by atoms with Gasteiger partial charge in [-0.05, 0) is 37.5 Å². The topological polar surface area (TPSA) is 35.6 Å². The maximum atomic E-state index is 12.9. The lowest BCUT2D eigenvalue weighted by molar-refractivity contribution is 0.182. The van der Waals surface area contributed by atoms with Gasteiger partial charge in [-0.25, -0.2) is 9.18 Å². The Balaban J connectivity index is 1.76. The van der Waals surface area contributed by atoms with Crippen LogP contribution in [-0.4, -0.2) is 48.6 Å². The van der Waals surface area contributed by atoms with E-state index in [2.05, 4.69) is 16.8 Å². The fraction of sp³-hybridized carbons (Fsp3) is 0.500. The van der Waals surface area contributed by atoms with E-state index in [0.717, 1.165) is 38.0 Å². The number of hydrogen-bond acceptors (Lipinski definition) is 2. The molecule has 2 rings (SSSR count). The van der Waals surface area contributed by atoms with E-state index in [-0.39, 0.29) is 17.9 Å². The molecule has 0 spiro atoms. The monoisotopic (exact) mass is 319 g/mol. The molecule has 0 atom stereocenters. The number of rotatable bonds is 5. The molecule has 1 N–H and O–H groups in total. The first-order valence-corrected chi connectivity index (χ1v) is 8.07. The van der Waals surface area contributed by atoms with Gasteiger partial charge in [0.15, 0.2) is 0 Å². The molecule has 0 bridgehead atoms. The summed E-state index contributed by atoms with van der Waals surface area (Å²) in [6.07, 6.45) is 1.92. The summed E-state index contributed by atoms with van der Waals surface area (Å²) in [5, 5.41) is 3.09. The number of hydrogen-bond donors (Lipinski definition) is 1. The highest BCUT2D eigenvalue weighted by molar-refractivity contribution is 5.74. The summed E-state index contributed by atoms with van der Waals surface area (Å²) in [6.45, 7) is 9.36. The SMILES string of the molecule is C=C(C)CN1CCC(NC(=O)N(C)Cc2ccc(F)cc2)CC1. The smallest absolute Gasteiger partial charge is 0.317 e. The lowest BCUT2D eigenvalue weighted by Gasteiger charge is -2.33. The Bertz CT molecular complexity index is 536. The lowest BCUT2D eigenvalue weighted by atomic mass is 10.0. The van der Waals surface area contributed by atoms with E-state index in [9.17, 15) is 9.18 Å². The molecule has 0 unspecified atom stereocenters. The Morgan fingerprint density at radius 1 is 1.35 bits per heavy atom. The first-order valence-electron chi connectivity index (χ1n) is 8.07. The van der Waals surface area contributed by atoms with Crippen LogP contribution >= 0.6 is 0 Å². The summed E-state index contributed by atoms with van der Waals surface area (Å²) in [6, 6.07) is 6.38. The Morgan fingerprint density at radius 3 is 2.52 bits per heavy atom. The van der Waals surface area contributed by atoms with E-state index in [0.29, 0.717) is 6.54 Å². The van der Waals surface area contributed by atoms with Crippen molar-refractivity contribution in [2.45, 2.75) is 32.4 Å². The van der Waals surface area contributed by atoms with Gasteiger partial charge in [0, 0.05) is 39.3 Å². The number of benzene rings is 1. The van der Waals surface area contributed by atoms with Crippen LogP contribution in [0.25, 0.3) is 0 Å². The molecular weight excluding hydrogens is 293 g/mol. The average molecular weight is 319 g/mol. The second-order valence-corrected chi connectivity index (χ2v) is 6.44. The third-order valence-electron chi connectivity index (χ3n) is 4.09. The first-order chi connectivity index (χ1) is 10.9. The minimum absolute atomic E-state index is 0.0762. The van der Waals surface area contributed by atoms with E-state index < -0.39 is 0 Å². The van der Waals surface area contributed by atoms with Gasteiger partial charge in [-0.15, -0.1) is 0 Å². The highest BCUT2D eigenvalue weighted by Crippen LogP contribution is 2.12. The normalized spacial score (nSPS) is 16.1. The molecule has 1 fully saturated rings. The van der Waals surface area contributed by atoms with Crippen LogP contribution in [0.15, 0.2) is 36.4 Å². The van der Waals surface area contributed by atoms with Crippen molar-refractivity contribution >= 4 is 6.03 Å². The van der Waals surface area contributed by atoms with E-state index >= 15 is 0 Å². The van der Waals surface area contributed by atoms with E-state index in [1.165, 1.54) is 17.7 Å². The molecule has 0 radical (unpaired) electrons. The van der Waals surface area contributed by atoms with Crippen molar-refractivity contribution in [1.82, 2.24) is 15.1 Å². The summed E-state index contributed by atoms with van der Waals surface area (Å²) in [4.78, 5) is 16.3. The van der Waals surface area contributed by atoms with Crippen LogP contribution in [0.3, 0.4) is 0 Å². The number of urea groups is 1. The van der Waals surface area contributed by atoms with Gasteiger partial charge in [-0.3, -0.25) is 4.90 Å². The van der Waals surface area contributed by atoms with Crippen LogP contribution in [0.2, 0.25) is 0 Å². The zero-order valence-corrected chi connectivity index (χ0v) is 14.0. The molecule has 1 heterocycles. The molecular formula is C18H26FN3O. The highest BCUT2D eigenvalue weighted by atomic mass is 19.1. The zero-order chi connectivity index (χ0) is 16.8. The van der Waals surface area contributed by atoms with Crippen molar-refractivity contribution in [3.05, 3.63) is 47.8 Å². The van der Waals surface area contributed by atoms with Gasteiger partial charge < -0.3 is 10.2 Å². The standard InChI is InChI=1S/C18H26FN3O/c1-14(2)12-22-10-8-17(9-11-22)20-18(23)21(3)13-15-4-6-16(19)7-5-15/h4-7,17H,1,8-13H2,2-3H3,(H,20,23). The molecule has 5 heteroatoms. The van der Waals surface area contributed by atoms with Crippen molar-refractivity contribution < 1.29 is 9.18 Å². The molecule has 2 amide bonds. The minimum atomic E-state index is -0.262. The van der Waals surface area contributed by atoms with Gasteiger partial charge >= 0.3 is 6.03 Å². The molecule has 1 aliphatic heterocycles. The molecule has 1 aliphatic rings. The van der Waals surface area contributed by atoms with Crippen LogP contribution in [0.4, 0.5) is 9.18 Å². The molecule has 23 heavy (non-hydrogen) atoms. The van der Waals surface area contributed by atoms with Crippen molar-refractivity contribution in [2.24, 2.45) is 0 Å². The van der Waals surface area contributed by atoms with Gasteiger partial charge in [0.2, 0.25) is 0 Å². The molecule has 1 aromatic rings. The summed E-state index contributed by atoms with van der Waals surface area (Å²) in [5.41, 5.74) is 2.09. The Morgan fingerprint density at radius 2 is 1.96 bits per heavy atom. The van der Waals surface area contributed by atoms with Crippen LogP contribution in [0.5, 0.6) is 0 Å². The number of carbonyl (C=O) groups is 1. The number of halogens is 1. The quantitative estimate of drug-likeness (QED) is 0.847. The lowest BCUT2D eigenvalue weighted by Crippen LogP contribution is -2.48. The summed E-state index contributed by atoms with van der Waals surface area (Å²) >= 11 is 0. The predicted molar refractivity (Wildman–Crippen MR) is 90.7 cm³/mol. The second-order valence-electron chi connectivity index (χ2n) is 6.44. The van der Waals surface area contributed by atoms with Gasteiger partial charge in [-0.1, -0.05) is 24.3 Å². The number of carbonyl (C=O) groups excluding carboxylic acids is 1. The van der Waals surface area contributed by atoms with Crippen LogP contribution < -0.4 is 5.32 Å². The molecule has 1 saturated heterocycles. The Hall–Kier alpha value is -1.88. The molecule has 126 valence electrons. The molecule has 4 nitrogen and oxygen atoms in total. The predicted octanol–water partition coefficient (Wildman–Crippen LogP) is 3.01. The third kappa shape index (κ3) is 5.67. The highest BCUT2D eigenvalue weighted by Gasteiger charge is 2.21. The maximum Gasteiger partial charge on any atom is 0.317 e. The minimum Gasteiger partial charge on any atom is -0.335 e. The van der Waals surface area contributed by atoms with Crippen molar-refractivity contribution in [3.8, 4) is 0 Å². The Labute approximate surface area is 138 Å². The third-order valence-corrected chi connectivity index (χ3v) is 4.09. The zero-order valence-electron chi connectivity index (χ0n) is 14.0. The van der Waals surface area contributed by atoms with Crippen LogP contribution in [0.1, 0.15) is 25.3 Å². The number of nitrogens with one attached hydrogen (secondary N) is 1.